The number of nitro groups is 1. The van der Waals surface area contributed by atoms with Gasteiger partial charge in [0.1, 0.15) is 0 Å². The van der Waals surface area contributed by atoms with Gasteiger partial charge >= 0.3 is 5.63 Å². The molecule has 0 unspecified atom stereocenters. The van der Waals surface area contributed by atoms with Crippen LogP contribution >= 0.6 is 0 Å². The Balaban J connectivity index is 1.88. The van der Waals surface area contributed by atoms with Crippen molar-refractivity contribution in [3.63, 3.8) is 0 Å². The van der Waals surface area contributed by atoms with Gasteiger partial charge in [-0.2, -0.15) is 5.26 Å². The van der Waals surface area contributed by atoms with Crippen LogP contribution in [-0.2, 0) is 6.42 Å². The number of fused-ring (bicyclic) bond motifs is 1. The van der Waals surface area contributed by atoms with Crippen molar-refractivity contribution in [3.05, 3.63) is 80.4 Å². The third-order valence-electron chi connectivity index (χ3n) is 3.68. The second-order valence-electron chi connectivity index (χ2n) is 5.41. The molecule has 3 aromatic rings. The summed E-state index contributed by atoms with van der Waals surface area (Å²) < 4.78 is 4.99. The molecule has 1 heterocycles. The predicted octanol–water partition coefficient (Wildman–Crippen LogP) is 3.02. The lowest BCUT2D eigenvalue weighted by Gasteiger charge is -2.06. The minimum Gasteiger partial charge on any atom is -0.417 e. The Morgan fingerprint density at radius 3 is 2.58 bits per heavy atom. The number of hydrogen-bond donors (Lipinski definition) is 1. The normalized spacial score (nSPS) is 10.3. The van der Waals surface area contributed by atoms with Crippen LogP contribution in [0, 0.1) is 21.4 Å². The fraction of sp³-hybridized carbons (Fsp3) is 0.0556. The average Bonchev–Trinajstić information content (AvgIpc) is 2.63. The van der Waals surface area contributed by atoms with Crippen LogP contribution in [0.3, 0.4) is 0 Å². The predicted molar refractivity (Wildman–Crippen MR) is 92.9 cm³/mol. The molecule has 0 radical (unpaired) electrons. The lowest BCUT2D eigenvalue weighted by atomic mass is 10.1. The number of rotatable bonds is 4. The maximum atomic E-state index is 12.3. The van der Waals surface area contributed by atoms with E-state index in [1.54, 1.807) is 24.3 Å². The maximum Gasteiger partial charge on any atom is 0.344 e. The van der Waals surface area contributed by atoms with Crippen molar-refractivity contribution >= 4 is 28.1 Å². The fourth-order valence-electron chi connectivity index (χ4n) is 2.39. The summed E-state index contributed by atoms with van der Waals surface area (Å²) in [6, 6.07) is 13.8. The highest BCUT2D eigenvalue weighted by Gasteiger charge is 2.15. The Hall–Kier alpha value is -3.99. The number of amides is 1. The van der Waals surface area contributed by atoms with E-state index >= 15 is 0 Å². The molecule has 3 rings (SSSR count). The van der Waals surface area contributed by atoms with Crippen molar-refractivity contribution in [1.29, 1.82) is 5.26 Å². The van der Waals surface area contributed by atoms with Crippen LogP contribution in [0.5, 0.6) is 0 Å². The van der Waals surface area contributed by atoms with E-state index < -0.39 is 16.5 Å². The summed E-state index contributed by atoms with van der Waals surface area (Å²) in [5, 5.41) is 22.4. The molecule has 128 valence electrons. The summed E-state index contributed by atoms with van der Waals surface area (Å²) in [6.07, 6.45) is 0.264. The van der Waals surface area contributed by atoms with Crippen molar-refractivity contribution in [2.45, 2.75) is 6.42 Å². The van der Waals surface area contributed by atoms with Gasteiger partial charge in [0.25, 0.3) is 11.6 Å². The lowest BCUT2D eigenvalue weighted by Crippen LogP contribution is -2.15. The van der Waals surface area contributed by atoms with E-state index in [0.29, 0.717) is 11.1 Å². The number of nitriles is 1. The molecule has 0 atom stereocenters. The molecule has 0 aliphatic heterocycles. The third-order valence-corrected chi connectivity index (χ3v) is 3.68. The Morgan fingerprint density at radius 1 is 1.19 bits per heavy atom. The van der Waals surface area contributed by atoms with Gasteiger partial charge in [-0.3, -0.25) is 14.9 Å². The van der Waals surface area contributed by atoms with Gasteiger partial charge in [0.05, 0.1) is 22.8 Å². The van der Waals surface area contributed by atoms with Crippen molar-refractivity contribution in [3.8, 4) is 6.07 Å². The minimum absolute atomic E-state index is 0.0246. The molecule has 26 heavy (non-hydrogen) atoms. The molecule has 1 N–H and O–H groups in total. The van der Waals surface area contributed by atoms with E-state index in [1.165, 1.54) is 18.2 Å². The molecule has 8 heteroatoms. The minimum atomic E-state index is -0.833. The quantitative estimate of drug-likeness (QED) is 0.570. The molecule has 0 spiro atoms. The molecule has 0 aliphatic carbocycles. The van der Waals surface area contributed by atoms with Gasteiger partial charge < -0.3 is 9.73 Å². The molecule has 1 aromatic heterocycles. The summed E-state index contributed by atoms with van der Waals surface area (Å²) in [7, 11) is 0. The monoisotopic (exact) mass is 349 g/mol. The first kappa shape index (κ1) is 16.9. The van der Waals surface area contributed by atoms with E-state index in [2.05, 4.69) is 5.32 Å². The van der Waals surface area contributed by atoms with Gasteiger partial charge in [0.2, 0.25) is 0 Å². The molecule has 0 aliphatic rings. The van der Waals surface area contributed by atoms with Crippen molar-refractivity contribution in [1.82, 2.24) is 0 Å². The van der Waals surface area contributed by atoms with Crippen molar-refractivity contribution in [2.75, 3.05) is 5.32 Å². The van der Waals surface area contributed by atoms with Crippen LogP contribution in [-0.4, -0.2) is 10.8 Å². The zero-order valence-electron chi connectivity index (χ0n) is 13.3. The van der Waals surface area contributed by atoms with Gasteiger partial charge in [-0.25, -0.2) is 4.79 Å². The van der Waals surface area contributed by atoms with Gasteiger partial charge in [0, 0.05) is 17.8 Å². The topological polar surface area (TPSA) is 126 Å². The Bertz CT molecular complexity index is 1110. The highest BCUT2D eigenvalue weighted by molar-refractivity contribution is 6.04. The van der Waals surface area contributed by atoms with Crippen LogP contribution in [0.15, 0.2) is 57.7 Å². The lowest BCUT2D eigenvalue weighted by molar-refractivity contribution is -0.384. The van der Waals surface area contributed by atoms with E-state index in [9.17, 15) is 19.7 Å². The summed E-state index contributed by atoms with van der Waals surface area (Å²) >= 11 is 0. The summed E-state index contributed by atoms with van der Waals surface area (Å²) in [5.41, 5.74) is 0.215. The number of hydrogen-bond acceptors (Lipinski definition) is 6. The summed E-state index contributed by atoms with van der Waals surface area (Å²) in [5.74, 6) is -0.840. The number of carbonyl (C=O) groups is 1. The average molecular weight is 349 g/mol. The Kier molecular flexibility index (Phi) is 4.45. The van der Waals surface area contributed by atoms with Gasteiger partial charge in [-0.05, 0) is 35.2 Å². The van der Waals surface area contributed by atoms with Crippen LogP contribution in [0.25, 0.3) is 10.8 Å². The number of nitrogens with zero attached hydrogens (tertiary/aromatic N) is 2. The molecular formula is C18H11N3O5. The molecule has 0 saturated heterocycles. The molecule has 0 saturated carbocycles. The first-order valence-electron chi connectivity index (χ1n) is 7.47. The first-order valence-corrected chi connectivity index (χ1v) is 7.47. The van der Waals surface area contributed by atoms with Gasteiger partial charge in [-0.15, -0.1) is 0 Å². The zero-order chi connectivity index (χ0) is 18.7. The van der Waals surface area contributed by atoms with Crippen LogP contribution < -0.4 is 10.9 Å². The second kappa shape index (κ2) is 6.86. The number of carbonyl (C=O) groups excluding carboxylic acids is 1. The van der Waals surface area contributed by atoms with Crippen molar-refractivity contribution < 1.29 is 14.1 Å². The standard InChI is InChI=1S/C18H11N3O5/c19-8-7-11-1-4-13(5-2-11)20-17(22)16-9-12-3-6-14(21(24)25)10-15(12)18(23)26-16/h1-6,9-10H,7H2,(H,20,22). The molecule has 2 aromatic carbocycles. The Morgan fingerprint density at radius 2 is 1.92 bits per heavy atom. The maximum absolute atomic E-state index is 12.3. The zero-order valence-corrected chi connectivity index (χ0v) is 13.3. The smallest absolute Gasteiger partial charge is 0.344 e. The molecule has 1 amide bonds. The summed E-state index contributed by atoms with van der Waals surface area (Å²) in [6.45, 7) is 0. The number of non-ortho nitro benzene ring substituents is 1. The van der Waals surface area contributed by atoms with Gasteiger partial charge in [-0.1, -0.05) is 12.1 Å². The molecule has 8 nitrogen and oxygen atoms in total. The van der Waals surface area contributed by atoms with E-state index in [0.717, 1.165) is 11.6 Å². The SMILES string of the molecule is N#CCc1ccc(NC(=O)c2cc3ccc([N+](=O)[O-])cc3c(=O)o2)cc1. The van der Waals surface area contributed by atoms with Crippen molar-refractivity contribution in [2.24, 2.45) is 0 Å². The largest absolute Gasteiger partial charge is 0.417 e. The Labute approximate surface area is 146 Å². The van der Waals surface area contributed by atoms with E-state index in [4.69, 9.17) is 9.68 Å². The first-order chi connectivity index (χ1) is 12.5. The number of nitro benzene ring substituents is 1. The summed E-state index contributed by atoms with van der Waals surface area (Å²) in [4.78, 5) is 34.5. The van der Waals surface area contributed by atoms with Crippen LogP contribution in [0.4, 0.5) is 11.4 Å². The highest BCUT2D eigenvalue weighted by Crippen LogP contribution is 2.20. The van der Waals surface area contributed by atoms with E-state index in [1.807, 2.05) is 6.07 Å². The van der Waals surface area contributed by atoms with Gasteiger partial charge in [0.15, 0.2) is 5.76 Å². The highest BCUT2D eigenvalue weighted by atomic mass is 16.6. The third kappa shape index (κ3) is 3.42. The van der Waals surface area contributed by atoms with E-state index in [-0.39, 0.29) is 23.3 Å². The number of anilines is 1. The number of benzene rings is 2. The van der Waals surface area contributed by atoms with Crippen LogP contribution in [0.2, 0.25) is 0 Å². The number of nitrogens with one attached hydrogen (secondary N) is 1. The van der Waals surface area contributed by atoms with Crippen LogP contribution in [0.1, 0.15) is 16.1 Å². The second-order valence-corrected chi connectivity index (χ2v) is 5.41. The molecule has 0 fully saturated rings. The molecular weight excluding hydrogens is 338 g/mol. The molecule has 0 bridgehead atoms. The fourth-order valence-corrected chi connectivity index (χ4v) is 2.39.